The summed E-state index contributed by atoms with van der Waals surface area (Å²) in [5, 5.41) is 10.2. The van der Waals surface area contributed by atoms with Crippen molar-refractivity contribution in [2.45, 2.75) is 37.5 Å². The van der Waals surface area contributed by atoms with E-state index in [4.69, 9.17) is 16.3 Å². The van der Waals surface area contributed by atoms with Crippen LogP contribution in [0.4, 0.5) is 5.69 Å². The molecule has 0 aromatic heterocycles. The summed E-state index contributed by atoms with van der Waals surface area (Å²) in [5.74, 6) is -2.61. The number of carbonyl (C=O) groups is 3. The van der Waals surface area contributed by atoms with Gasteiger partial charge in [0.1, 0.15) is 11.6 Å². The van der Waals surface area contributed by atoms with Gasteiger partial charge in [-0.3, -0.25) is 14.4 Å². The van der Waals surface area contributed by atoms with Crippen LogP contribution in [0.5, 0.6) is 0 Å². The fourth-order valence-corrected chi connectivity index (χ4v) is 6.76. The first-order chi connectivity index (χ1) is 17.1. The van der Waals surface area contributed by atoms with E-state index in [2.05, 4.69) is 13.2 Å². The molecule has 3 amide bonds. The zero-order valence-corrected chi connectivity index (χ0v) is 21.8. The van der Waals surface area contributed by atoms with Gasteiger partial charge in [0.2, 0.25) is 11.8 Å². The van der Waals surface area contributed by atoms with Gasteiger partial charge in [-0.1, -0.05) is 42.8 Å². The number of rotatable bonds is 9. The van der Waals surface area contributed by atoms with Crippen molar-refractivity contribution in [1.82, 2.24) is 9.80 Å². The normalized spacial score (nSPS) is 32.4. The van der Waals surface area contributed by atoms with Crippen LogP contribution in [-0.2, 0) is 19.1 Å². The van der Waals surface area contributed by atoms with Crippen molar-refractivity contribution in [2.75, 3.05) is 38.2 Å². The number of anilines is 1. The molecule has 6 atom stereocenters. The Morgan fingerprint density at radius 3 is 2.53 bits per heavy atom. The molecule has 0 aliphatic carbocycles. The molecule has 3 aliphatic rings. The first-order valence-electron chi connectivity index (χ1n) is 12.2. The Balaban J connectivity index is 1.84. The summed E-state index contributed by atoms with van der Waals surface area (Å²) >= 11 is 6.46. The highest BCUT2D eigenvalue weighted by molar-refractivity contribution is 6.34. The summed E-state index contributed by atoms with van der Waals surface area (Å²) < 4.78 is 6.70. The van der Waals surface area contributed by atoms with Crippen LogP contribution >= 0.6 is 11.6 Å². The van der Waals surface area contributed by atoms with Crippen LogP contribution < -0.4 is 4.90 Å². The number of nitrogens with zero attached hydrogens (tertiary/aromatic N) is 3. The summed E-state index contributed by atoms with van der Waals surface area (Å²) in [5.41, 5.74) is -1.62. The molecule has 3 aliphatic heterocycles. The molecule has 9 heteroatoms. The maximum absolute atomic E-state index is 14.3. The molecule has 3 heterocycles. The standard InChI is InChI=1S/C27H34ClN3O5/c1-6-12-29(5)23(33)20-21-24(34)31(14-15-32)22(27(21)16-17(3)26(20,4)36-27)25(35)30(13-7-2)19-11-9-8-10-18(19)28/h6-11,17,20-22,32H,1-2,12-16H2,3-5H3/t17?,20-,21+,22?,26+,27?/m1/s1. The van der Waals surface area contributed by atoms with Crippen LogP contribution in [-0.4, -0.2) is 83.2 Å². The molecule has 3 unspecified atom stereocenters. The zero-order valence-electron chi connectivity index (χ0n) is 21.0. The minimum atomic E-state index is -1.20. The van der Waals surface area contributed by atoms with Crippen molar-refractivity contribution in [1.29, 1.82) is 0 Å². The molecular weight excluding hydrogens is 482 g/mol. The number of amides is 3. The minimum absolute atomic E-state index is 0.0458. The summed E-state index contributed by atoms with van der Waals surface area (Å²) in [7, 11) is 1.67. The average Bonchev–Trinajstić information content (AvgIpc) is 3.34. The molecule has 1 aromatic carbocycles. The van der Waals surface area contributed by atoms with E-state index >= 15 is 0 Å². The number of ether oxygens (including phenoxy) is 1. The van der Waals surface area contributed by atoms with E-state index in [0.29, 0.717) is 23.7 Å². The number of likely N-dealkylation sites (tertiary alicyclic amines) is 1. The van der Waals surface area contributed by atoms with Crippen molar-refractivity contribution in [3.8, 4) is 0 Å². The number of carbonyl (C=O) groups excluding carboxylic acids is 3. The van der Waals surface area contributed by atoms with Crippen LogP contribution in [0.1, 0.15) is 20.3 Å². The highest BCUT2D eigenvalue weighted by Gasteiger charge is 2.80. The minimum Gasteiger partial charge on any atom is -0.395 e. The predicted molar refractivity (Wildman–Crippen MR) is 137 cm³/mol. The number of fused-ring (bicyclic) bond motifs is 1. The zero-order chi connectivity index (χ0) is 26.4. The van der Waals surface area contributed by atoms with Crippen molar-refractivity contribution in [3.05, 3.63) is 54.6 Å². The number of halogens is 1. The number of hydrogen-bond donors (Lipinski definition) is 1. The predicted octanol–water partition coefficient (Wildman–Crippen LogP) is 2.51. The molecule has 194 valence electrons. The molecule has 1 aromatic rings. The van der Waals surface area contributed by atoms with Gasteiger partial charge < -0.3 is 24.5 Å². The molecule has 4 rings (SSSR count). The Morgan fingerprint density at radius 2 is 1.92 bits per heavy atom. The number of aliphatic hydroxyl groups excluding tert-OH is 1. The number of β-amino-alcohol motifs (C(OH)–C–C–N with tert-alkyl or cyclic N) is 1. The molecule has 8 nitrogen and oxygen atoms in total. The lowest BCUT2D eigenvalue weighted by Crippen LogP contribution is -2.57. The van der Waals surface area contributed by atoms with Gasteiger partial charge in [-0.25, -0.2) is 0 Å². The Labute approximate surface area is 217 Å². The van der Waals surface area contributed by atoms with Crippen LogP contribution in [0, 0.1) is 17.8 Å². The fraction of sp³-hybridized carbons (Fsp3) is 0.519. The number of para-hydroxylation sites is 1. The molecule has 2 bridgehead atoms. The average molecular weight is 516 g/mol. The van der Waals surface area contributed by atoms with Crippen LogP contribution in [0.25, 0.3) is 0 Å². The number of likely N-dealkylation sites (N-methyl/N-ethyl adjacent to an activating group) is 1. The third kappa shape index (κ3) is 3.69. The second-order valence-corrected chi connectivity index (χ2v) is 10.6. The molecule has 3 saturated heterocycles. The largest absolute Gasteiger partial charge is 0.395 e. The molecule has 3 fully saturated rings. The van der Waals surface area contributed by atoms with Gasteiger partial charge in [0.05, 0.1) is 34.8 Å². The first-order valence-corrected chi connectivity index (χ1v) is 12.6. The van der Waals surface area contributed by atoms with Gasteiger partial charge >= 0.3 is 0 Å². The Morgan fingerprint density at radius 1 is 1.25 bits per heavy atom. The number of aliphatic hydroxyl groups is 1. The number of hydrogen-bond acceptors (Lipinski definition) is 5. The topological polar surface area (TPSA) is 90.4 Å². The van der Waals surface area contributed by atoms with Gasteiger partial charge in [0.15, 0.2) is 0 Å². The van der Waals surface area contributed by atoms with E-state index in [1.807, 2.05) is 13.8 Å². The van der Waals surface area contributed by atoms with E-state index in [1.165, 1.54) is 9.80 Å². The summed E-state index contributed by atoms with van der Waals surface area (Å²) in [6.07, 6.45) is 3.67. The monoisotopic (exact) mass is 515 g/mol. The second-order valence-electron chi connectivity index (χ2n) is 10.2. The molecule has 1 spiro atoms. The quantitative estimate of drug-likeness (QED) is 0.510. The molecule has 36 heavy (non-hydrogen) atoms. The highest BCUT2D eigenvalue weighted by atomic mass is 35.5. The fourth-order valence-electron chi connectivity index (χ4n) is 6.52. The molecule has 0 saturated carbocycles. The second kappa shape index (κ2) is 9.65. The maximum atomic E-state index is 14.3. The maximum Gasteiger partial charge on any atom is 0.253 e. The van der Waals surface area contributed by atoms with Crippen molar-refractivity contribution in [2.24, 2.45) is 17.8 Å². The number of benzene rings is 1. The van der Waals surface area contributed by atoms with E-state index in [-0.39, 0.29) is 43.3 Å². The first kappa shape index (κ1) is 26.4. The van der Waals surface area contributed by atoms with Gasteiger partial charge in [0, 0.05) is 26.7 Å². The lowest BCUT2D eigenvalue weighted by molar-refractivity contribution is -0.150. The van der Waals surface area contributed by atoms with Crippen LogP contribution in [0.3, 0.4) is 0 Å². The van der Waals surface area contributed by atoms with Crippen LogP contribution in [0.15, 0.2) is 49.6 Å². The Hall–Kier alpha value is -2.68. The van der Waals surface area contributed by atoms with E-state index in [0.717, 1.165) is 0 Å². The lowest BCUT2D eigenvalue weighted by atomic mass is 9.62. The van der Waals surface area contributed by atoms with Gasteiger partial charge in [0.25, 0.3) is 5.91 Å². The summed E-state index contributed by atoms with van der Waals surface area (Å²) in [6.45, 7) is 11.5. The van der Waals surface area contributed by atoms with E-state index in [1.54, 1.807) is 48.4 Å². The molecule has 0 radical (unpaired) electrons. The smallest absolute Gasteiger partial charge is 0.253 e. The van der Waals surface area contributed by atoms with E-state index < -0.39 is 29.1 Å². The van der Waals surface area contributed by atoms with Crippen molar-refractivity contribution >= 4 is 35.0 Å². The van der Waals surface area contributed by atoms with Crippen LogP contribution in [0.2, 0.25) is 5.02 Å². The third-order valence-corrected chi connectivity index (χ3v) is 8.48. The van der Waals surface area contributed by atoms with E-state index in [9.17, 15) is 19.5 Å². The van der Waals surface area contributed by atoms with Crippen molar-refractivity contribution < 1.29 is 24.2 Å². The lowest BCUT2D eigenvalue weighted by Gasteiger charge is -2.38. The van der Waals surface area contributed by atoms with Crippen molar-refractivity contribution in [3.63, 3.8) is 0 Å². The molecule has 1 N–H and O–H groups in total. The SMILES string of the molecule is C=CCN(C)C(=O)[C@H]1[C@H]2C(=O)N(CCO)C(C(=O)N(CC=C)c3ccccc3Cl)C23CC(C)[C@]1(C)O3. The Kier molecular flexibility index (Phi) is 7.07. The van der Waals surface area contributed by atoms with Gasteiger partial charge in [-0.2, -0.15) is 0 Å². The highest BCUT2D eigenvalue weighted by Crippen LogP contribution is 2.65. The third-order valence-electron chi connectivity index (χ3n) is 8.16. The Bertz CT molecular complexity index is 1090. The summed E-state index contributed by atoms with van der Waals surface area (Å²) in [6, 6.07) is 5.96. The molecular formula is C27H34ClN3O5. The summed E-state index contributed by atoms with van der Waals surface area (Å²) in [4.78, 5) is 46.3. The van der Waals surface area contributed by atoms with Gasteiger partial charge in [-0.05, 0) is 31.4 Å². The van der Waals surface area contributed by atoms with Gasteiger partial charge in [-0.15, -0.1) is 13.2 Å².